The quantitative estimate of drug-likeness (QED) is 0.565. The molecule has 8 nitrogen and oxygen atoms in total. The van der Waals surface area contributed by atoms with E-state index in [0.29, 0.717) is 16.7 Å². The van der Waals surface area contributed by atoms with Crippen LogP contribution >= 0.6 is 0 Å². The molecule has 1 N–H and O–H groups in total. The van der Waals surface area contributed by atoms with E-state index in [1.165, 1.54) is 10.7 Å². The standard InChI is InChI=1S/C18H13N5O3/c24-17-10-14(13-8-4-5-9-15(13)19-17)18(25)26-11-16-20-21-22-23(16)12-6-2-1-3-7-12/h1-10H,11H2,(H,19,24). The molecule has 0 spiro atoms. The van der Waals surface area contributed by atoms with E-state index in [4.69, 9.17) is 4.74 Å². The number of pyridine rings is 1. The molecule has 0 unspecified atom stereocenters. The number of nitrogens with one attached hydrogen (secondary N) is 1. The van der Waals surface area contributed by atoms with Gasteiger partial charge in [0, 0.05) is 17.0 Å². The predicted molar refractivity (Wildman–Crippen MR) is 92.8 cm³/mol. The number of nitrogens with zero attached hydrogens (tertiary/aromatic N) is 4. The number of aromatic nitrogens is 5. The van der Waals surface area contributed by atoms with Crippen molar-refractivity contribution < 1.29 is 9.53 Å². The Hall–Kier alpha value is -3.81. The fourth-order valence-corrected chi connectivity index (χ4v) is 2.65. The van der Waals surface area contributed by atoms with Gasteiger partial charge in [0.1, 0.15) is 0 Å². The van der Waals surface area contributed by atoms with Crippen molar-refractivity contribution in [1.29, 1.82) is 0 Å². The molecular weight excluding hydrogens is 334 g/mol. The van der Waals surface area contributed by atoms with Gasteiger partial charge in [-0.1, -0.05) is 36.4 Å². The van der Waals surface area contributed by atoms with Crippen molar-refractivity contribution in [2.45, 2.75) is 6.61 Å². The molecule has 2 heterocycles. The number of tetrazole rings is 1. The second-order valence-corrected chi connectivity index (χ2v) is 5.51. The second kappa shape index (κ2) is 6.60. The first-order valence-electron chi connectivity index (χ1n) is 7.84. The van der Waals surface area contributed by atoms with Crippen LogP contribution in [0.3, 0.4) is 0 Å². The van der Waals surface area contributed by atoms with Crippen LogP contribution in [0.4, 0.5) is 0 Å². The van der Waals surface area contributed by atoms with Gasteiger partial charge in [0.2, 0.25) is 5.56 Å². The van der Waals surface area contributed by atoms with Crippen LogP contribution in [0.15, 0.2) is 65.5 Å². The smallest absolute Gasteiger partial charge is 0.339 e. The number of aromatic amines is 1. The van der Waals surface area contributed by atoms with Gasteiger partial charge in [-0.2, -0.15) is 4.68 Å². The van der Waals surface area contributed by atoms with E-state index in [0.717, 1.165) is 5.69 Å². The zero-order chi connectivity index (χ0) is 17.9. The number of esters is 1. The molecule has 0 aliphatic carbocycles. The summed E-state index contributed by atoms with van der Waals surface area (Å²) in [6, 6.07) is 17.5. The van der Waals surface area contributed by atoms with Crippen LogP contribution in [0, 0.1) is 0 Å². The van der Waals surface area contributed by atoms with Crippen molar-refractivity contribution in [3.63, 3.8) is 0 Å². The second-order valence-electron chi connectivity index (χ2n) is 5.51. The third-order valence-electron chi connectivity index (χ3n) is 3.84. The zero-order valence-electron chi connectivity index (χ0n) is 13.5. The number of rotatable bonds is 4. The van der Waals surface area contributed by atoms with Gasteiger partial charge in [0.25, 0.3) is 0 Å². The number of para-hydroxylation sites is 2. The van der Waals surface area contributed by atoms with Crippen molar-refractivity contribution >= 4 is 16.9 Å². The maximum Gasteiger partial charge on any atom is 0.339 e. The van der Waals surface area contributed by atoms with Crippen molar-refractivity contribution in [2.24, 2.45) is 0 Å². The summed E-state index contributed by atoms with van der Waals surface area (Å²) < 4.78 is 6.83. The maximum atomic E-state index is 12.5. The summed E-state index contributed by atoms with van der Waals surface area (Å²) in [6.07, 6.45) is 0. The lowest BCUT2D eigenvalue weighted by Gasteiger charge is -2.07. The fourth-order valence-electron chi connectivity index (χ4n) is 2.65. The number of benzene rings is 2. The van der Waals surface area contributed by atoms with E-state index in [1.54, 1.807) is 24.3 Å². The Morgan fingerprint density at radius 3 is 2.69 bits per heavy atom. The Kier molecular flexibility index (Phi) is 3.98. The number of fused-ring (bicyclic) bond motifs is 1. The molecule has 0 atom stereocenters. The predicted octanol–water partition coefficient (Wildman–Crippen LogP) is 1.86. The minimum absolute atomic E-state index is 0.123. The molecule has 2 aromatic heterocycles. The number of hydrogen-bond donors (Lipinski definition) is 1. The highest BCUT2D eigenvalue weighted by molar-refractivity contribution is 6.03. The van der Waals surface area contributed by atoms with Gasteiger partial charge in [0.05, 0.1) is 11.3 Å². The molecule has 128 valence electrons. The minimum Gasteiger partial charge on any atom is -0.454 e. The van der Waals surface area contributed by atoms with E-state index >= 15 is 0 Å². The Balaban J connectivity index is 1.60. The van der Waals surface area contributed by atoms with E-state index in [2.05, 4.69) is 20.5 Å². The summed E-state index contributed by atoms with van der Waals surface area (Å²) in [5, 5.41) is 12.0. The average molecular weight is 347 g/mol. The van der Waals surface area contributed by atoms with Crippen molar-refractivity contribution in [3.05, 3.63) is 82.4 Å². The SMILES string of the molecule is O=C(OCc1nnnn1-c1ccccc1)c1cc(=O)[nH]c2ccccc12. The Morgan fingerprint density at radius 2 is 1.85 bits per heavy atom. The van der Waals surface area contributed by atoms with E-state index in [-0.39, 0.29) is 17.7 Å². The summed E-state index contributed by atoms with van der Waals surface area (Å²) in [6.45, 7) is -0.123. The molecule has 8 heteroatoms. The van der Waals surface area contributed by atoms with Crippen molar-refractivity contribution in [1.82, 2.24) is 25.2 Å². The van der Waals surface area contributed by atoms with Crippen LogP contribution < -0.4 is 5.56 Å². The third kappa shape index (κ3) is 2.95. The summed E-state index contributed by atoms with van der Waals surface area (Å²) in [5.41, 5.74) is 1.15. The minimum atomic E-state index is -0.616. The highest BCUT2D eigenvalue weighted by atomic mass is 16.5. The Morgan fingerprint density at radius 1 is 1.08 bits per heavy atom. The van der Waals surface area contributed by atoms with Gasteiger partial charge in [0.15, 0.2) is 12.4 Å². The topological polar surface area (TPSA) is 103 Å². The molecular formula is C18H13N5O3. The average Bonchev–Trinajstić information content (AvgIpc) is 3.14. The lowest BCUT2D eigenvalue weighted by Crippen LogP contribution is -2.14. The molecule has 0 amide bonds. The van der Waals surface area contributed by atoms with Crippen LogP contribution in [-0.2, 0) is 11.3 Å². The molecule has 0 fully saturated rings. The first-order valence-corrected chi connectivity index (χ1v) is 7.84. The lowest BCUT2D eigenvalue weighted by atomic mass is 10.1. The van der Waals surface area contributed by atoms with Crippen LogP contribution in [0.25, 0.3) is 16.6 Å². The Labute approximate surface area is 147 Å². The van der Waals surface area contributed by atoms with Gasteiger partial charge in [-0.15, -0.1) is 5.10 Å². The first kappa shape index (κ1) is 15.7. The number of carbonyl (C=O) groups is 1. The van der Waals surface area contributed by atoms with Crippen molar-refractivity contribution in [2.75, 3.05) is 0 Å². The maximum absolute atomic E-state index is 12.5. The summed E-state index contributed by atoms with van der Waals surface area (Å²) in [4.78, 5) is 27.0. The van der Waals surface area contributed by atoms with Gasteiger partial charge >= 0.3 is 5.97 Å². The van der Waals surface area contributed by atoms with E-state index in [1.807, 2.05) is 30.3 Å². The number of ether oxygens (including phenoxy) is 1. The molecule has 0 aliphatic rings. The van der Waals surface area contributed by atoms with Crippen LogP contribution in [0.2, 0.25) is 0 Å². The van der Waals surface area contributed by atoms with Crippen molar-refractivity contribution in [3.8, 4) is 5.69 Å². The van der Waals surface area contributed by atoms with Gasteiger partial charge in [-0.25, -0.2) is 4.79 Å². The highest BCUT2D eigenvalue weighted by Crippen LogP contribution is 2.16. The Bertz CT molecular complexity index is 1130. The summed E-state index contributed by atoms with van der Waals surface area (Å²) in [7, 11) is 0. The first-order chi connectivity index (χ1) is 12.7. The highest BCUT2D eigenvalue weighted by Gasteiger charge is 2.16. The number of carbonyl (C=O) groups excluding carboxylic acids is 1. The molecule has 0 saturated heterocycles. The van der Waals surface area contributed by atoms with Crippen LogP contribution in [0.1, 0.15) is 16.2 Å². The molecule has 0 radical (unpaired) electrons. The summed E-state index contributed by atoms with van der Waals surface area (Å²) in [5.74, 6) is -0.242. The molecule has 26 heavy (non-hydrogen) atoms. The van der Waals surface area contributed by atoms with Gasteiger partial charge < -0.3 is 9.72 Å². The van der Waals surface area contributed by atoms with Gasteiger partial charge in [-0.05, 0) is 28.6 Å². The van der Waals surface area contributed by atoms with E-state index in [9.17, 15) is 9.59 Å². The normalized spacial score (nSPS) is 10.8. The van der Waals surface area contributed by atoms with E-state index < -0.39 is 5.97 Å². The summed E-state index contributed by atoms with van der Waals surface area (Å²) >= 11 is 0. The molecule has 0 saturated carbocycles. The molecule has 0 bridgehead atoms. The number of H-pyrrole nitrogens is 1. The molecule has 2 aromatic carbocycles. The largest absolute Gasteiger partial charge is 0.454 e. The van der Waals surface area contributed by atoms with Crippen LogP contribution in [-0.4, -0.2) is 31.2 Å². The third-order valence-corrected chi connectivity index (χ3v) is 3.84. The van der Waals surface area contributed by atoms with Crippen LogP contribution in [0.5, 0.6) is 0 Å². The zero-order valence-corrected chi connectivity index (χ0v) is 13.5. The molecule has 4 rings (SSSR count). The number of hydrogen-bond acceptors (Lipinski definition) is 6. The fraction of sp³-hybridized carbons (Fsp3) is 0.0556. The monoisotopic (exact) mass is 347 g/mol. The lowest BCUT2D eigenvalue weighted by molar-refractivity contribution is 0.0461. The van der Waals surface area contributed by atoms with Gasteiger partial charge in [-0.3, -0.25) is 4.79 Å². The molecule has 4 aromatic rings. The molecule has 0 aliphatic heterocycles.